The smallest absolute Gasteiger partial charge is 0.203 e. The van der Waals surface area contributed by atoms with Gasteiger partial charge in [0, 0.05) is 10.1 Å². The Morgan fingerprint density at radius 1 is 1.33 bits per heavy atom. The number of aromatic nitrogens is 3. The van der Waals surface area contributed by atoms with Gasteiger partial charge in [-0.15, -0.1) is 0 Å². The Morgan fingerprint density at radius 3 is 2.61 bits per heavy atom. The summed E-state index contributed by atoms with van der Waals surface area (Å²) < 4.78 is 27.1. The Bertz CT molecular complexity index is 552. The predicted molar refractivity (Wildman–Crippen MR) is 64.1 cm³/mol. The minimum atomic E-state index is -2.64. The third-order valence-corrected chi connectivity index (χ3v) is 2.88. The van der Waals surface area contributed by atoms with Gasteiger partial charge in [0.25, 0.3) is 6.33 Å². The van der Waals surface area contributed by atoms with Crippen LogP contribution in [-0.4, -0.2) is 9.78 Å². The minimum absolute atomic E-state index is 0.237. The zero-order valence-electron chi connectivity index (χ0n) is 10.0. The van der Waals surface area contributed by atoms with Crippen LogP contribution in [0.2, 0.25) is 5.02 Å². The van der Waals surface area contributed by atoms with E-state index in [1.54, 1.807) is 16.7 Å². The molecule has 0 spiro atoms. The molecule has 0 aliphatic rings. The molecule has 0 aliphatic carbocycles. The van der Waals surface area contributed by atoms with Crippen LogP contribution in [0, 0.1) is 0 Å². The third kappa shape index (κ3) is 2.51. The van der Waals surface area contributed by atoms with Crippen LogP contribution in [0.3, 0.4) is 0 Å². The molecule has 1 aromatic heterocycles. The molecule has 96 valence electrons. The second-order valence-corrected chi connectivity index (χ2v) is 4.71. The standard InChI is InChI=1S/C12H13ClF2N3/c1-8(2)10-5-9(13)3-4-11(10)17-6-16-18(7-17)12(14)15/h3-8,12H,1-2H3/q+1. The van der Waals surface area contributed by atoms with Gasteiger partial charge in [-0.25, -0.2) is 4.57 Å². The van der Waals surface area contributed by atoms with Gasteiger partial charge in [-0.2, -0.15) is 8.78 Å². The first-order valence-electron chi connectivity index (χ1n) is 5.52. The SMILES string of the molecule is CC(C)c1cc(Cl)ccc1-[n+]1cnn(C(F)F)c1. The Morgan fingerprint density at radius 2 is 2.06 bits per heavy atom. The van der Waals surface area contributed by atoms with E-state index in [1.165, 1.54) is 12.7 Å². The summed E-state index contributed by atoms with van der Waals surface area (Å²) in [5.41, 5.74) is 1.79. The van der Waals surface area contributed by atoms with Crippen LogP contribution in [0.15, 0.2) is 30.9 Å². The molecule has 1 aromatic carbocycles. The summed E-state index contributed by atoms with van der Waals surface area (Å²) >= 11 is 5.95. The van der Waals surface area contributed by atoms with E-state index in [9.17, 15) is 8.78 Å². The number of benzene rings is 1. The Hall–Kier alpha value is -1.49. The fraction of sp³-hybridized carbons (Fsp3) is 0.333. The first kappa shape index (κ1) is 13.0. The lowest BCUT2D eigenvalue weighted by Crippen LogP contribution is -2.29. The number of hydrogen-bond acceptors (Lipinski definition) is 1. The Kier molecular flexibility index (Phi) is 3.61. The van der Waals surface area contributed by atoms with E-state index in [0.717, 1.165) is 11.3 Å². The molecule has 18 heavy (non-hydrogen) atoms. The normalized spacial score (nSPS) is 11.5. The Balaban J connectivity index is 2.49. The second-order valence-electron chi connectivity index (χ2n) is 4.27. The van der Waals surface area contributed by atoms with Gasteiger partial charge in [-0.05, 0) is 34.4 Å². The number of halogens is 3. The van der Waals surface area contributed by atoms with E-state index in [2.05, 4.69) is 5.10 Å². The molecule has 0 N–H and O–H groups in total. The second kappa shape index (κ2) is 5.02. The van der Waals surface area contributed by atoms with Crippen molar-refractivity contribution in [1.82, 2.24) is 9.78 Å². The largest absolute Gasteiger partial charge is 0.393 e. The van der Waals surface area contributed by atoms with E-state index in [0.29, 0.717) is 9.70 Å². The molecule has 0 atom stereocenters. The lowest BCUT2D eigenvalue weighted by molar-refractivity contribution is -0.597. The van der Waals surface area contributed by atoms with Crippen molar-refractivity contribution >= 4 is 11.6 Å². The van der Waals surface area contributed by atoms with Gasteiger partial charge in [-0.3, -0.25) is 0 Å². The van der Waals surface area contributed by atoms with Gasteiger partial charge in [0.05, 0.1) is 0 Å². The van der Waals surface area contributed by atoms with Crippen molar-refractivity contribution in [3.63, 3.8) is 0 Å². The van der Waals surface area contributed by atoms with E-state index >= 15 is 0 Å². The molecule has 2 aromatic rings. The van der Waals surface area contributed by atoms with Crippen molar-refractivity contribution < 1.29 is 13.3 Å². The van der Waals surface area contributed by atoms with Crippen LogP contribution >= 0.6 is 11.6 Å². The van der Waals surface area contributed by atoms with Gasteiger partial charge in [-0.1, -0.05) is 25.4 Å². The molecule has 6 heteroatoms. The van der Waals surface area contributed by atoms with Gasteiger partial charge >= 0.3 is 6.55 Å². The molecule has 0 aliphatic heterocycles. The molecule has 0 amide bonds. The number of nitrogens with zero attached hydrogens (tertiary/aromatic N) is 3. The van der Waals surface area contributed by atoms with Gasteiger partial charge in [0.1, 0.15) is 5.69 Å². The summed E-state index contributed by atoms with van der Waals surface area (Å²) in [4.78, 5) is 0. The maximum atomic E-state index is 12.5. The van der Waals surface area contributed by atoms with Gasteiger partial charge in [0.15, 0.2) is 0 Å². The molecule has 1 heterocycles. The number of hydrogen-bond donors (Lipinski definition) is 0. The average Bonchev–Trinajstić information content (AvgIpc) is 2.78. The van der Waals surface area contributed by atoms with E-state index < -0.39 is 6.55 Å². The first-order chi connectivity index (χ1) is 8.49. The maximum absolute atomic E-state index is 12.5. The van der Waals surface area contributed by atoms with Crippen LogP contribution in [0.25, 0.3) is 5.69 Å². The highest BCUT2D eigenvalue weighted by Gasteiger charge is 2.19. The van der Waals surface area contributed by atoms with Crippen molar-refractivity contribution in [1.29, 1.82) is 0 Å². The molecule has 0 unspecified atom stereocenters. The summed E-state index contributed by atoms with van der Waals surface area (Å²) in [6, 6.07) is 5.37. The van der Waals surface area contributed by atoms with E-state index in [1.807, 2.05) is 19.9 Å². The van der Waals surface area contributed by atoms with E-state index in [-0.39, 0.29) is 5.92 Å². The predicted octanol–water partition coefficient (Wildman–Crippen LogP) is 3.33. The fourth-order valence-electron chi connectivity index (χ4n) is 1.75. The zero-order valence-corrected chi connectivity index (χ0v) is 10.8. The van der Waals surface area contributed by atoms with Crippen LogP contribution in [0.4, 0.5) is 8.78 Å². The molecule has 0 bridgehead atoms. The summed E-state index contributed by atoms with van der Waals surface area (Å²) in [5, 5.41) is 4.24. The highest BCUT2D eigenvalue weighted by Crippen LogP contribution is 2.23. The van der Waals surface area contributed by atoms with Crippen LogP contribution in [0.1, 0.15) is 31.9 Å². The molecule has 0 saturated heterocycles. The van der Waals surface area contributed by atoms with Crippen molar-refractivity contribution in [3.05, 3.63) is 41.4 Å². The van der Waals surface area contributed by atoms with Crippen LogP contribution in [0.5, 0.6) is 0 Å². The minimum Gasteiger partial charge on any atom is -0.203 e. The summed E-state index contributed by atoms with van der Waals surface area (Å²) in [6.07, 6.45) is 2.63. The first-order valence-corrected chi connectivity index (χ1v) is 5.90. The summed E-state index contributed by atoms with van der Waals surface area (Å²) in [6.45, 7) is 1.40. The monoisotopic (exact) mass is 272 g/mol. The topological polar surface area (TPSA) is 21.7 Å². The quantitative estimate of drug-likeness (QED) is 0.786. The fourth-order valence-corrected chi connectivity index (χ4v) is 1.93. The third-order valence-electron chi connectivity index (χ3n) is 2.64. The highest BCUT2D eigenvalue weighted by molar-refractivity contribution is 6.30. The lowest BCUT2D eigenvalue weighted by atomic mass is 10.0. The lowest BCUT2D eigenvalue weighted by Gasteiger charge is -2.10. The van der Waals surface area contributed by atoms with Crippen LogP contribution < -0.4 is 4.57 Å². The highest BCUT2D eigenvalue weighted by atomic mass is 35.5. The van der Waals surface area contributed by atoms with Gasteiger partial charge < -0.3 is 0 Å². The van der Waals surface area contributed by atoms with Gasteiger partial charge in [0.2, 0.25) is 6.33 Å². The van der Waals surface area contributed by atoms with Crippen molar-refractivity contribution in [3.8, 4) is 5.69 Å². The van der Waals surface area contributed by atoms with E-state index in [4.69, 9.17) is 11.6 Å². The summed E-state index contributed by atoms with van der Waals surface area (Å²) in [5.74, 6) is 0.237. The Labute approximate surface area is 109 Å². The molecule has 0 saturated carbocycles. The maximum Gasteiger partial charge on any atom is 0.393 e. The molecule has 2 rings (SSSR count). The molecular formula is C12H13ClF2N3+. The van der Waals surface area contributed by atoms with Crippen molar-refractivity contribution in [2.45, 2.75) is 26.3 Å². The summed E-state index contributed by atoms with van der Waals surface area (Å²) in [7, 11) is 0. The molecule has 3 nitrogen and oxygen atoms in total. The zero-order chi connectivity index (χ0) is 13.3. The average molecular weight is 273 g/mol. The molecule has 0 fully saturated rings. The number of rotatable bonds is 3. The number of alkyl halides is 2. The van der Waals surface area contributed by atoms with Crippen molar-refractivity contribution in [2.75, 3.05) is 0 Å². The molecular weight excluding hydrogens is 260 g/mol. The van der Waals surface area contributed by atoms with Crippen LogP contribution in [-0.2, 0) is 0 Å². The van der Waals surface area contributed by atoms with Crippen molar-refractivity contribution in [2.24, 2.45) is 0 Å². The molecule has 0 radical (unpaired) electrons.